The third-order valence-corrected chi connectivity index (χ3v) is 6.35. The van der Waals surface area contributed by atoms with Crippen LogP contribution < -0.4 is 20.9 Å². The van der Waals surface area contributed by atoms with Gasteiger partial charge in [0.15, 0.2) is 0 Å². The second kappa shape index (κ2) is 10.9. The van der Waals surface area contributed by atoms with Crippen molar-refractivity contribution in [3.63, 3.8) is 0 Å². The lowest BCUT2D eigenvalue weighted by atomic mass is 9.98. The molecular formula is C25H36N6O2. The lowest BCUT2D eigenvalue weighted by Gasteiger charge is -2.25. The van der Waals surface area contributed by atoms with Gasteiger partial charge in [0.1, 0.15) is 12.4 Å². The number of carbonyl (C=O) groups is 1. The Balaban J connectivity index is 1.37. The molecular weight excluding hydrogens is 416 g/mol. The molecule has 178 valence electrons. The van der Waals surface area contributed by atoms with Crippen molar-refractivity contribution in [3.8, 4) is 0 Å². The van der Waals surface area contributed by atoms with Crippen LogP contribution in [0.25, 0.3) is 0 Å². The van der Waals surface area contributed by atoms with Gasteiger partial charge in [-0.3, -0.25) is 4.90 Å². The number of ether oxygens (including phenoxy) is 1. The smallest absolute Gasteiger partial charge is 0.415 e. The van der Waals surface area contributed by atoms with Gasteiger partial charge in [0.05, 0.1) is 11.6 Å². The van der Waals surface area contributed by atoms with E-state index in [-0.39, 0.29) is 12.6 Å². The van der Waals surface area contributed by atoms with Crippen LogP contribution in [0.4, 0.5) is 16.6 Å². The number of carbonyl (C=O) groups excluding carboxylic acids is 1. The monoisotopic (exact) mass is 452 g/mol. The summed E-state index contributed by atoms with van der Waals surface area (Å²) in [5.41, 5.74) is 3.32. The molecule has 1 aliphatic heterocycles. The lowest BCUT2D eigenvalue weighted by molar-refractivity contribution is 0.143. The Bertz CT molecular complexity index is 931. The average molecular weight is 453 g/mol. The van der Waals surface area contributed by atoms with Crippen molar-refractivity contribution in [1.29, 1.82) is 0 Å². The van der Waals surface area contributed by atoms with Crippen LogP contribution >= 0.6 is 0 Å². The van der Waals surface area contributed by atoms with Crippen molar-refractivity contribution in [2.24, 2.45) is 5.92 Å². The highest BCUT2D eigenvalue weighted by Gasteiger charge is 2.27. The van der Waals surface area contributed by atoms with Gasteiger partial charge in [-0.1, -0.05) is 44.0 Å². The van der Waals surface area contributed by atoms with Crippen LogP contribution in [0.2, 0.25) is 0 Å². The molecule has 0 spiro atoms. The van der Waals surface area contributed by atoms with E-state index in [1.54, 1.807) is 13.2 Å². The van der Waals surface area contributed by atoms with Crippen LogP contribution in [-0.2, 0) is 11.3 Å². The molecule has 8 heteroatoms. The molecule has 33 heavy (non-hydrogen) atoms. The van der Waals surface area contributed by atoms with Crippen molar-refractivity contribution in [1.82, 2.24) is 20.6 Å². The van der Waals surface area contributed by atoms with Crippen LogP contribution in [0.5, 0.6) is 0 Å². The number of anilines is 2. The Kier molecular flexibility index (Phi) is 7.77. The standard InChI is InChI=1S/C25H36N6O2/c1-4-11-26-12-13-27-22(14-18-5-6-18)20-9-7-19(8-10-20)17(2)29-24-28-15-21-16-33-25(32)31(3)23(21)30-24/h7-10,15,17-18,22,26-27H,4-6,11-14,16H2,1-3H3,(H,28,29,30)/t17-,22?/m0/s1. The van der Waals surface area contributed by atoms with E-state index in [0.717, 1.165) is 31.1 Å². The quantitative estimate of drug-likeness (QED) is 0.416. The number of nitrogens with one attached hydrogen (secondary N) is 3. The predicted octanol–water partition coefficient (Wildman–Crippen LogP) is 4.17. The summed E-state index contributed by atoms with van der Waals surface area (Å²) in [7, 11) is 1.66. The Morgan fingerprint density at radius 3 is 2.64 bits per heavy atom. The van der Waals surface area contributed by atoms with E-state index in [2.05, 4.69) is 64.0 Å². The van der Waals surface area contributed by atoms with Crippen molar-refractivity contribution in [3.05, 3.63) is 47.2 Å². The molecule has 1 unspecified atom stereocenters. The van der Waals surface area contributed by atoms with E-state index in [4.69, 9.17) is 4.74 Å². The molecule has 2 heterocycles. The summed E-state index contributed by atoms with van der Waals surface area (Å²) in [6, 6.07) is 9.29. The van der Waals surface area contributed by atoms with Crippen LogP contribution in [0.15, 0.2) is 30.5 Å². The first kappa shape index (κ1) is 23.4. The number of benzene rings is 1. The highest BCUT2D eigenvalue weighted by atomic mass is 16.6. The summed E-state index contributed by atoms with van der Waals surface area (Å²) in [4.78, 5) is 22.1. The van der Waals surface area contributed by atoms with Crippen molar-refractivity contribution in [2.45, 2.75) is 58.2 Å². The number of fused-ring (bicyclic) bond motifs is 1. The fraction of sp³-hybridized carbons (Fsp3) is 0.560. The predicted molar refractivity (Wildman–Crippen MR) is 130 cm³/mol. The molecule has 0 bridgehead atoms. The van der Waals surface area contributed by atoms with E-state index in [0.29, 0.717) is 17.8 Å². The van der Waals surface area contributed by atoms with Gasteiger partial charge in [-0.25, -0.2) is 9.78 Å². The van der Waals surface area contributed by atoms with Gasteiger partial charge in [-0.05, 0) is 43.4 Å². The van der Waals surface area contributed by atoms with Gasteiger partial charge in [0, 0.05) is 32.4 Å². The number of hydrogen-bond acceptors (Lipinski definition) is 7. The van der Waals surface area contributed by atoms with Crippen molar-refractivity contribution in [2.75, 3.05) is 36.9 Å². The molecule has 1 fully saturated rings. The highest BCUT2D eigenvalue weighted by molar-refractivity contribution is 5.88. The minimum absolute atomic E-state index is 0.0334. The maximum atomic E-state index is 11.8. The maximum absolute atomic E-state index is 11.8. The molecule has 0 saturated heterocycles. The second-order valence-electron chi connectivity index (χ2n) is 9.12. The summed E-state index contributed by atoms with van der Waals surface area (Å²) >= 11 is 0. The van der Waals surface area contributed by atoms with Gasteiger partial charge >= 0.3 is 6.09 Å². The van der Waals surface area contributed by atoms with Crippen LogP contribution in [0.3, 0.4) is 0 Å². The summed E-state index contributed by atoms with van der Waals surface area (Å²) in [6.45, 7) is 7.55. The molecule has 1 saturated carbocycles. The fourth-order valence-electron chi connectivity index (χ4n) is 4.14. The Morgan fingerprint density at radius 1 is 1.15 bits per heavy atom. The van der Waals surface area contributed by atoms with E-state index in [1.807, 2.05) is 0 Å². The Hall–Kier alpha value is -2.71. The average Bonchev–Trinajstić information content (AvgIpc) is 3.65. The van der Waals surface area contributed by atoms with Crippen molar-refractivity contribution < 1.29 is 9.53 Å². The van der Waals surface area contributed by atoms with E-state index < -0.39 is 6.09 Å². The van der Waals surface area contributed by atoms with E-state index in [1.165, 1.54) is 41.7 Å². The molecule has 1 aliphatic carbocycles. The third kappa shape index (κ3) is 6.21. The topological polar surface area (TPSA) is 91.4 Å². The molecule has 0 radical (unpaired) electrons. The maximum Gasteiger partial charge on any atom is 0.415 e. The molecule has 2 atom stereocenters. The number of hydrogen-bond donors (Lipinski definition) is 3. The van der Waals surface area contributed by atoms with Crippen molar-refractivity contribution >= 4 is 17.9 Å². The molecule has 2 aliphatic rings. The van der Waals surface area contributed by atoms with Gasteiger partial charge < -0.3 is 20.7 Å². The molecule has 4 rings (SSSR count). The number of rotatable bonds is 12. The summed E-state index contributed by atoms with van der Waals surface area (Å²) < 4.78 is 5.08. The van der Waals surface area contributed by atoms with E-state index >= 15 is 0 Å². The first-order chi connectivity index (χ1) is 16.0. The summed E-state index contributed by atoms with van der Waals surface area (Å²) in [5, 5.41) is 10.6. The SMILES string of the molecule is CCCNCCNC(CC1CC1)c1ccc([C@H](C)Nc2ncc3c(n2)N(C)C(=O)OC3)cc1. The number of amides is 1. The van der Waals surface area contributed by atoms with Crippen LogP contribution in [0, 0.1) is 5.92 Å². The van der Waals surface area contributed by atoms with Gasteiger partial charge in [-0.15, -0.1) is 0 Å². The number of aromatic nitrogens is 2. The second-order valence-corrected chi connectivity index (χ2v) is 9.12. The summed E-state index contributed by atoms with van der Waals surface area (Å²) in [5.74, 6) is 1.95. The minimum atomic E-state index is -0.397. The number of cyclic esters (lactones) is 1. The first-order valence-electron chi connectivity index (χ1n) is 12.1. The number of nitrogens with zero attached hydrogens (tertiary/aromatic N) is 3. The Morgan fingerprint density at radius 2 is 1.91 bits per heavy atom. The Labute approximate surface area is 196 Å². The van der Waals surface area contributed by atoms with Crippen LogP contribution in [0.1, 0.15) is 68.3 Å². The minimum Gasteiger partial charge on any atom is -0.444 e. The largest absolute Gasteiger partial charge is 0.444 e. The molecule has 3 N–H and O–H groups in total. The normalized spacial score (nSPS) is 17.3. The fourth-order valence-corrected chi connectivity index (χ4v) is 4.14. The molecule has 1 aromatic carbocycles. The third-order valence-electron chi connectivity index (χ3n) is 6.35. The van der Waals surface area contributed by atoms with Gasteiger partial charge in [0.2, 0.25) is 5.95 Å². The van der Waals surface area contributed by atoms with Gasteiger partial charge in [0.25, 0.3) is 0 Å². The zero-order valence-electron chi connectivity index (χ0n) is 19.9. The highest BCUT2D eigenvalue weighted by Crippen LogP contribution is 2.37. The van der Waals surface area contributed by atoms with Crippen LogP contribution in [-0.4, -0.2) is 42.7 Å². The van der Waals surface area contributed by atoms with Gasteiger partial charge in [-0.2, -0.15) is 4.98 Å². The molecule has 8 nitrogen and oxygen atoms in total. The zero-order valence-corrected chi connectivity index (χ0v) is 19.9. The zero-order chi connectivity index (χ0) is 23.2. The molecule has 1 aromatic heterocycles. The lowest BCUT2D eigenvalue weighted by Crippen LogP contribution is -2.33. The first-order valence-corrected chi connectivity index (χ1v) is 12.1. The van der Waals surface area contributed by atoms with E-state index in [9.17, 15) is 4.79 Å². The summed E-state index contributed by atoms with van der Waals surface area (Å²) in [6.07, 6.45) is 6.41. The molecule has 2 aromatic rings. The molecule has 1 amide bonds.